The van der Waals surface area contributed by atoms with E-state index in [1.54, 1.807) is 26.0 Å². The maximum Gasteiger partial charge on any atom is 0.319 e. The van der Waals surface area contributed by atoms with Crippen LogP contribution in [0.1, 0.15) is 99.5 Å². The second-order valence-corrected chi connectivity index (χ2v) is 23.9. The molecule has 2 aromatic carbocycles. The number of halogens is 3. The molecule has 0 spiro atoms. The number of carbonyl (C=O) groups excluding carboxylic acids is 1. The van der Waals surface area contributed by atoms with E-state index < -0.39 is 43.3 Å². The van der Waals surface area contributed by atoms with Gasteiger partial charge in [0.1, 0.15) is 61.4 Å². The van der Waals surface area contributed by atoms with E-state index in [0.29, 0.717) is 48.1 Å². The van der Waals surface area contributed by atoms with Gasteiger partial charge in [-0.15, -0.1) is 5.54 Å². The molecule has 0 unspecified atom stereocenters. The Morgan fingerprint density at radius 1 is 0.983 bits per heavy atom. The molecule has 59 heavy (non-hydrogen) atoms. The third kappa shape index (κ3) is 7.22. The van der Waals surface area contributed by atoms with Crippen molar-refractivity contribution >= 4 is 41.5 Å². The number of anilines is 1. The lowest BCUT2D eigenvalue weighted by atomic mass is 9.95. The molecule has 0 radical (unpaired) electrons. The first-order valence-electron chi connectivity index (χ1n) is 21.5. The number of aromatic nitrogens is 3. The summed E-state index contributed by atoms with van der Waals surface area (Å²) in [6, 6.07) is 6.10. The number of alkyl halides is 1. The van der Waals surface area contributed by atoms with Crippen LogP contribution >= 0.6 is 0 Å². The van der Waals surface area contributed by atoms with E-state index in [4.69, 9.17) is 29.2 Å². The fourth-order valence-corrected chi connectivity index (χ4v) is 15.8. The quantitative estimate of drug-likeness (QED) is 0.0708. The molecular formula is C46H56F3N5O4Si. The topological polar surface area (TPSA) is 89.9 Å². The SMILES string of the molecule is CC(C)C(=O)Oc1cc(-c2nc3c4c(nc(OC[C@@]56CCCN5C[C@H](F)C6)nc4c2F)N2CCCC[C@H]2CO3)c2c(C#C[Si](C(C)C)(C(C)C)C(C)C)c(F)ccc2c1. The first kappa shape index (κ1) is 41.3. The Kier molecular flexibility index (Phi) is 11.1. The van der Waals surface area contributed by atoms with Crippen LogP contribution in [0.2, 0.25) is 16.6 Å². The highest BCUT2D eigenvalue weighted by molar-refractivity contribution is 6.90. The van der Waals surface area contributed by atoms with Crippen molar-refractivity contribution in [3.8, 4) is 40.4 Å². The van der Waals surface area contributed by atoms with Crippen molar-refractivity contribution in [3.05, 3.63) is 41.5 Å². The highest BCUT2D eigenvalue weighted by Crippen LogP contribution is 2.46. The predicted molar refractivity (Wildman–Crippen MR) is 228 cm³/mol. The fourth-order valence-electron chi connectivity index (χ4n) is 10.6. The minimum absolute atomic E-state index is 0.0105. The smallest absolute Gasteiger partial charge is 0.319 e. The maximum absolute atomic E-state index is 17.8. The molecule has 6 heterocycles. The van der Waals surface area contributed by atoms with Crippen LogP contribution in [-0.4, -0.2) is 84.5 Å². The first-order valence-corrected chi connectivity index (χ1v) is 23.7. The minimum atomic E-state index is -2.35. The molecule has 3 atom stereocenters. The summed E-state index contributed by atoms with van der Waals surface area (Å²) in [5.41, 5.74) is 4.16. The van der Waals surface area contributed by atoms with Gasteiger partial charge in [-0.2, -0.15) is 9.97 Å². The van der Waals surface area contributed by atoms with Gasteiger partial charge in [-0.3, -0.25) is 9.69 Å². The zero-order valence-corrected chi connectivity index (χ0v) is 36.6. The number of ether oxygens (including phenoxy) is 3. The van der Waals surface area contributed by atoms with Gasteiger partial charge in [0, 0.05) is 30.5 Å². The van der Waals surface area contributed by atoms with Crippen molar-refractivity contribution in [3.63, 3.8) is 0 Å². The van der Waals surface area contributed by atoms with Gasteiger partial charge in [0.15, 0.2) is 5.82 Å². The Labute approximate surface area is 346 Å². The molecule has 0 amide bonds. The van der Waals surface area contributed by atoms with Crippen LogP contribution in [0.4, 0.5) is 19.0 Å². The molecule has 8 rings (SSSR count). The summed E-state index contributed by atoms with van der Waals surface area (Å²) in [4.78, 5) is 31.8. The van der Waals surface area contributed by atoms with E-state index in [1.807, 2.05) is 0 Å². The highest BCUT2D eigenvalue weighted by atomic mass is 28.3. The van der Waals surface area contributed by atoms with Crippen molar-refractivity contribution in [2.45, 2.75) is 128 Å². The van der Waals surface area contributed by atoms with E-state index in [0.717, 1.165) is 38.6 Å². The van der Waals surface area contributed by atoms with Gasteiger partial charge < -0.3 is 19.1 Å². The van der Waals surface area contributed by atoms with Crippen LogP contribution in [-0.2, 0) is 4.79 Å². The van der Waals surface area contributed by atoms with E-state index in [-0.39, 0.29) is 69.2 Å². The van der Waals surface area contributed by atoms with Gasteiger partial charge in [-0.25, -0.2) is 18.2 Å². The van der Waals surface area contributed by atoms with Gasteiger partial charge in [0.2, 0.25) is 5.88 Å². The van der Waals surface area contributed by atoms with Crippen LogP contribution < -0.4 is 19.1 Å². The maximum atomic E-state index is 17.8. The average Bonchev–Trinajstić information content (AvgIpc) is 3.67. The Morgan fingerprint density at radius 2 is 1.75 bits per heavy atom. The van der Waals surface area contributed by atoms with E-state index in [9.17, 15) is 9.18 Å². The third-order valence-corrected chi connectivity index (χ3v) is 19.8. The summed E-state index contributed by atoms with van der Waals surface area (Å²) in [7, 11) is -2.35. The molecule has 0 bridgehead atoms. The van der Waals surface area contributed by atoms with Crippen LogP contribution in [0, 0.1) is 29.0 Å². The molecule has 314 valence electrons. The van der Waals surface area contributed by atoms with Crippen molar-refractivity contribution in [1.29, 1.82) is 0 Å². The van der Waals surface area contributed by atoms with Crippen molar-refractivity contribution in [1.82, 2.24) is 19.9 Å². The predicted octanol–water partition coefficient (Wildman–Crippen LogP) is 9.96. The van der Waals surface area contributed by atoms with Gasteiger partial charge in [0.05, 0.1) is 23.1 Å². The van der Waals surface area contributed by atoms with E-state index >= 15 is 8.78 Å². The first-order chi connectivity index (χ1) is 28.1. The number of carbonyl (C=O) groups is 1. The van der Waals surface area contributed by atoms with Crippen LogP contribution in [0.25, 0.3) is 32.9 Å². The Balaban J connectivity index is 1.37. The third-order valence-electron chi connectivity index (χ3n) is 13.5. The van der Waals surface area contributed by atoms with Crippen molar-refractivity contribution in [2.24, 2.45) is 5.92 Å². The minimum Gasteiger partial charge on any atom is -0.475 e. The average molecular weight is 828 g/mol. The van der Waals surface area contributed by atoms with Gasteiger partial charge in [-0.05, 0) is 78.9 Å². The molecule has 0 saturated carbocycles. The summed E-state index contributed by atoms with van der Waals surface area (Å²) in [5, 5.41) is 1.18. The van der Waals surface area contributed by atoms with E-state index in [2.05, 4.69) is 62.8 Å². The second-order valence-electron chi connectivity index (χ2n) is 18.4. The summed E-state index contributed by atoms with van der Waals surface area (Å²) >= 11 is 0. The summed E-state index contributed by atoms with van der Waals surface area (Å²) in [6.07, 6.45) is 3.95. The molecule has 2 aromatic heterocycles. The molecule has 0 N–H and O–H groups in total. The fraction of sp³-hybridized carbons (Fsp3) is 0.565. The second kappa shape index (κ2) is 15.9. The van der Waals surface area contributed by atoms with Gasteiger partial charge in [-0.1, -0.05) is 67.4 Å². The summed E-state index contributed by atoms with van der Waals surface area (Å²) in [5.74, 6) is 1.86. The van der Waals surface area contributed by atoms with Crippen LogP contribution in [0.15, 0.2) is 24.3 Å². The molecule has 13 heteroatoms. The van der Waals surface area contributed by atoms with Crippen LogP contribution in [0.3, 0.4) is 0 Å². The number of piperidine rings is 1. The molecule has 4 aliphatic rings. The number of pyridine rings is 1. The molecule has 0 aliphatic carbocycles. The highest BCUT2D eigenvalue weighted by Gasteiger charge is 2.49. The summed E-state index contributed by atoms with van der Waals surface area (Å²) in [6.45, 7) is 18.9. The Bertz CT molecular complexity index is 2340. The molecule has 4 aromatic rings. The number of hydrogen-bond acceptors (Lipinski definition) is 9. The summed E-state index contributed by atoms with van der Waals surface area (Å²) < 4.78 is 67.6. The van der Waals surface area contributed by atoms with Crippen molar-refractivity contribution in [2.75, 3.05) is 37.7 Å². The Hall–Kier alpha value is -4.41. The molecular weight excluding hydrogens is 772 g/mol. The number of benzene rings is 2. The standard InChI is InChI=1S/C46H56F3N5O4Si/c1-26(2)44(55)58-33-20-30-13-14-36(48)34(15-19-59(27(3)4,28(5)6)29(7)8)37(30)35(21-33)40-39(49)41-38-42(54-18-10-9-12-32(54)24-56-43(38)50-40)52-45(51-41)57-25-46-16-11-17-53(46)23-31(47)22-46/h13-14,20-21,26-29,31-32H,9-12,16-18,22-25H2,1-8H3/t31-,32+,46+/m1/s1. The molecule has 9 nitrogen and oxygen atoms in total. The Morgan fingerprint density at radius 3 is 2.47 bits per heavy atom. The molecule has 3 fully saturated rings. The van der Waals surface area contributed by atoms with Gasteiger partial charge >= 0.3 is 12.0 Å². The normalized spacial score (nSPS) is 21.8. The number of esters is 1. The van der Waals surface area contributed by atoms with Gasteiger partial charge in [0.25, 0.3) is 0 Å². The zero-order valence-electron chi connectivity index (χ0n) is 35.6. The monoisotopic (exact) mass is 827 g/mol. The number of fused-ring (bicyclic) bond motifs is 4. The lowest BCUT2D eigenvalue weighted by molar-refractivity contribution is -0.137. The number of rotatable bonds is 9. The lowest BCUT2D eigenvalue weighted by Crippen LogP contribution is -2.44. The largest absolute Gasteiger partial charge is 0.475 e. The van der Waals surface area contributed by atoms with Crippen molar-refractivity contribution < 1.29 is 32.2 Å². The van der Waals surface area contributed by atoms with Crippen LogP contribution in [0.5, 0.6) is 17.6 Å². The lowest BCUT2D eigenvalue weighted by Gasteiger charge is -2.38. The number of nitrogens with zero attached hydrogens (tertiary/aromatic N) is 5. The molecule has 4 aliphatic heterocycles. The zero-order chi connectivity index (χ0) is 42.0. The molecule has 3 saturated heterocycles. The van der Waals surface area contributed by atoms with E-state index in [1.165, 1.54) is 12.1 Å². The number of hydrogen-bond donors (Lipinski definition) is 0.